The van der Waals surface area contributed by atoms with Crippen LogP contribution in [0.15, 0.2) is 48.5 Å². The average molecular weight is 269 g/mol. The Bertz CT molecular complexity index is 563. The van der Waals surface area contributed by atoms with Crippen molar-refractivity contribution < 1.29 is 4.74 Å². The van der Waals surface area contributed by atoms with Crippen molar-refractivity contribution in [3.63, 3.8) is 0 Å². The molecule has 0 aliphatic rings. The van der Waals surface area contributed by atoms with Crippen molar-refractivity contribution >= 4 is 0 Å². The number of hydrogen-bond donors (Lipinski definition) is 1. The predicted molar refractivity (Wildman–Crippen MR) is 84.1 cm³/mol. The van der Waals surface area contributed by atoms with Gasteiger partial charge in [-0.2, -0.15) is 0 Å². The van der Waals surface area contributed by atoms with Crippen molar-refractivity contribution in [2.75, 3.05) is 6.54 Å². The van der Waals surface area contributed by atoms with E-state index in [2.05, 4.69) is 45.0 Å². The van der Waals surface area contributed by atoms with Crippen LogP contribution in [0.4, 0.5) is 0 Å². The average Bonchev–Trinajstić information content (AvgIpc) is 2.46. The maximum atomic E-state index is 6.10. The van der Waals surface area contributed by atoms with Gasteiger partial charge in [-0.15, -0.1) is 0 Å². The minimum atomic E-state index is -0.0985. The van der Waals surface area contributed by atoms with Crippen molar-refractivity contribution in [2.24, 2.45) is 5.73 Å². The monoisotopic (exact) mass is 269 g/mol. The molecule has 2 heteroatoms. The third-order valence-electron chi connectivity index (χ3n) is 3.55. The first-order valence-corrected chi connectivity index (χ1v) is 7.14. The predicted octanol–water partition coefficient (Wildman–Crippen LogP) is 4.20. The first-order valence-electron chi connectivity index (χ1n) is 7.14. The van der Waals surface area contributed by atoms with Crippen molar-refractivity contribution in [1.29, 1.82) is 0 Å². The van der Waals surface area contributed by atoms with Crippen LogP contribution in [-0.4, -0.2) is 6.54 Å². The summed E-state index contributed by atoms with van der Waals surface area (Å²) in [5.74, 6) is 1.38. The summed E-state index contributed by atoms with van der Waals surface area (Å²) >= 11 is 0. The van der Waals surface area contributed by atoms with Gasteiger partial charge in [0, 0.05) is 6.54 Å². The summed E-state index contributed by atoms with van der Waals surface area (Å²) in [7, 11) is 0. The largest absolute Gasteiger partial charge is 0.484 e. The lowest BCUT2D eigenvalue weighted by Gasteiger charge is -2.20. The van der Waals surface area contributed by atoms with Crippen LogP contribution in [0.5, 0.6) is 5.75 Å². The molecule has 20 heavy (non-hydrogen) atoms. The summed E-state index contributed by atoms with van der Waals surface area (Å²) < 4.78 is 6.10. The molecule has 0 saturated heterocycles. The first-order chi connectivity index (χ1) is 9.61. The molecule has 0 radical (unpaired) electrons. The lowest BCUT2D eigenvalue weighted by molar-refractivity contribution is 0.213. The van der Waals surface area contributed by atoms with E-state index in [0.717, 1.165) is 11.3 Å². The van der Waals surface area contributed by atoms with E-state index < -0.39 is 0 Å². The van der Waals surface area contributed by atoms with Crippen LogP contribution in [0.1, 0.15) is 42.6 Å². The Balaban J connectivity index is 2.23. The van der Waals surface area contributed by atoms with Gasteiger partial charge in [0.25, 0.3) is 0 Å². The topological polar surface area (TPSA) is 35.2 Å². The normalized spacial score (nSPS) is 12.4. The van der Waals surface area contributed by atoms with Gasteiger partial charge in [0.1, 0.15) is 11.9 Å². The molecule has 0 aliphatic heterocycles. The molecule has 0 heterocycles. The fraction of sp³-hybridized carbons (Fsp3) is 0.333. The minimum absolute atomic E-state index is 0.0985. The van der Waals surface area contributed by atoms with E-state index in [9.17, 15) is 0 Å². The molecule has 0 saturated carbocycles. The fourth-order valence-corrected chi connectivity index (χ4v) is 2.30. The van der Waals surface area contributed by atoms with Crippen LogP contribution >= 0.6 is 0 Å². The Hall–Kier alpha value is -1.80. The third kappa shape index (κ3) is 3.40. The lowest BCUT2D eigenvalue weighted by atomic mass is 10.0. The van der Waals surface area contributed by atoms with Gasteiger partial charge in [0.2, 0.25) is 0 Å². The SMILES string of the molecule is Cc1ccccc1C(CN)Oc1cccc(C(C)C)c1. The van der Waals surface area contributed by atoms with Gasteiger partial charge in [0.15, 0.2) is 0 Å². The standard InChI is InChI=1S/C18H23NO/c1-13(2)15-8-6-9-16(11-15)20-18(12-19)17-10-5-4-7-14(17)3/h4-11,13,18H,12,19H2,1-3H3. The van der Waals surface area contributed by atoms with Crippen molar-refractivity contribution in [2.45, 2.75) is 32.8 Å². The van der Waals surface area contributed by atoms with Gasteiger partial charge in [0.05, 0.1) is 0 Å². The van der Waals surface area contributed by atoms with E-state index in [1.54, 1.807) is 0 Å². The van der Waals surface area contributed by atoms with E-state index in [1.807, 2.05) is 24.3 Å². The minimum Gasteiger partial charge on any atom is -0.484 e. The summed E-state index contributed by atoms with van der Waals surface area (Å²) in [6.45, 7) is 6.92. The number of benzene rings is 2. The third-order valence-corrected chi connectivity index (χ3v) is 3.55. The smallest absolute Gasteiger partial charge is 0.136 e. The molecule has 0 bridgehead atoms. The molecule has 2 aromatic carbocycles. The van der Waals surface area contributed by atoms with Gasteiger partial charge >= 0.3 is 0 Å². The number of aryl methyl sites for hydroxylation is 1. The second kappa shape index (κ2) is 6.58. The molecule has 0 aliphatic carbocycles. The van der Waals surface area contributed by atoms with E-state index in [-0.39, 0.29) is 6.10 Å². The van der Waals surface area contributed by atoms with E-state index >= 15 is 0 Å². The van der Waals surface area contributed by atoms with Crippen LogP contribution in [0.2, 0.25) is 0 Å². The highest BCUT2D eigenvalue weighted by Gasteiger charge is 2.14. The van der Waals surface area contributed by atoms with Gasteiger partial charge in [-0.05, 0) is 41.7 Å². The molecule has 0 spiro atoms. The van der Waals surface area contributed by atoms with Crippen LogP contribution in [0.25, 0.3) is 0 Å². The molecule has 1 unspecified atom stereocenters. The summed E-state index contributed by atoms with van der Waals surface area (Å²) in [6, 6.07) is 16.5. The zero-order valence-corrected chi connectivity index (χ0v) is 12.5. The molecule has 0 aromatic heterocycles. The van der Waals surface area contributed by atoms with E-state index in [4.69, 9.17) is 10.5 Å². The number of nitrogens with two attached hydrogens (primary N) is 1. The van der Waals surface area contributed by atoms with Crippen LogP contribution < -0.4 is 10.5 Å². The molecule has 2 aromatic rings. The Morgan fingerprint density at radius 3 is 2.45 bits per heavy atom. The maximum Gasteiger partial charge on any atom is 0.136 e. The Morgan fingerprint density at radius 1 is 1.05 bits per heavy atom. The molecule has 0 amide bonds. The molecule has 2 rings (SSSR count). The molecule has 2 nitrogen and oxygen atoms in total. The summed E-state index contributed by atoms with van der Waals surface area (Å²) in [5, 5.41) is 0. The highest BCUT2D eigenvalue weighted by Crippen LogP contribution is 2.26. The van der Waals surface area contributed by atoms with Gasteiger partial charge < -0.3 is 10.5 Å². The Kier molecular flexibility index (Phi) is 4.80. The summed E-state index contributed by atoms with van der Waals surface area (Å²) in [6.07, 6.45) is -0.0985. The zero-order chi connectivity index (χ0) is 14.5. The van der Waals surface area contributed by atoms with E-state index in [1.165, 1.54) is 11.1 Å². The number of rotatable bonds is 5. The summed E-state index contributed by atoms with van der Waals surface area (Å²) in [5.41, 5.74) is 9.54. The highest BCUT2D eigenvalue weighted by molar-refractivity contribution is 5.33. The maximum absolute atomic E-state index is 6.10. The second-order valence-corrected chi connectivity index (χ2v) is 5.43. The quantitative estimate of drug-likeness (QED) is 0.883. The molecule has 1 atom stereocenters. The highest BCUT2D eigenvalue weighted by atomic mass is 16.5. The molecular formula is C18H23NO. The van der Waals surface area contributed by atoms with Gasteiger partial charge in [-0.25, -0.2) is 0 Å². The second-order valence-electron chi connectivity index (χ2n) is 5.43. The van der Waals surface area contributed by atoms with Crippen molar-refractivity contribution in [3.8, 4) is 5.75 Å². The molecule has 0 fully saturated rings. The lowest BCUT2D eigenvalue weighted by Crippen LogP contribution is -2.19. The molecule has 2 N–H and O–H groups in total. The van der Waals surface area contributed by atoms with Gasteiger partial charge in [-0.3, -0.25) is 0 Å². The van der Waals surface area contributed by atoms with Crippen LogP contribution in [-0.2, 0) is 0 Å². The number of hydrogen-bond acceptors (Lipinski definition) is 2. The Morgan fingerprint density at radius 2 is 1.80 bits per heavy atom. The van der Waals surface area contributed by atoms with Crippen molar-refractivity contribution in [3.05, 3.63) is 65.2 Å². The molecule has 106 valence electrons. The molecular weight excluding hydrogens is 246 g/mol. The van der Waals surface area contributed by atoms with Crippen LogP contribution in [0, 0.1) is 6.92 Å². The van der Waals surface area contributed by atoms with Crippen molar-refractivity contribution in [1.82, 2.24) is 0 Å². The summed E-state index contributed by atoms with van der Waals surface area (Å²) in [4.78, 5) is 0. The van der Waals surface area contributed by atoms with E-state index in [0.29, 0.717) is 12.5 Å². The van der Waals surface area contributed by atoms with Gasteiger partial charge in [-0.1, -0.05) is 50.2 Å². The Labute approximate surface area is 121 Å². The number of ether oxygens (including phenoxy) is 1. The zero-order valence-electron chi connectivity index (χ0n) is 12.5. The van der Waals surface area contributed by atoms with Crippen LogP contribution in [0.3, 0.4) is 0 Å². The fourth-order valence-electron chi connectivity index (χ4n) is 2.30. The first kappa shape index (κ1) is 14.6.